The van der Waals surface area contributed by atoms with E-state index in [1.54, 1.807) is 23.6 Å². The van der Waals surface area contributed by atoms with E-state index in [0.717, 1.165) is 10.4 Å². The van der Waals surface area contributed by atoms with Crippen LogP contribution in [0.5, 0.6) is 0 Å². The zero-order chi connectivity index (χ0) is 12.1. The summed E-state index contributed by atoms with van der Waals surface area (Å²) in [5.41, 5.74) is 4.11. The van der Waals surface area contributed by atoms with Gasteiger partial charge in [-0.1, -0.05) is 24.3 Å². The van der Waals surface area contributed by atoms with E-state index in [9.17, 15) is 4.79 Å². The maximum atomic E-state index is 11.8. The first-order chi connectivity index (χ1) is 8.27. The first kappa shape index (κ1) is 11.5. The lowest BCUT2D eigenvalue weighted by atomic mass is 10.1. The number of carbonyl (C=O) groups is 1. The van der Waals surface area contributed by atoms with Gasteiger partial charge in [0.05, 0.1) is 6.21 Å². The third kappa shape index (κ3) is 3.01. The monoisotopic (exact) mass is 244 g/mol. The Kier molecular flexibility index (Phi) is 3.67. The van der Waals surface area contributed by atoms with Crippen molar-refractivity contribution >= 4 is 23.5 Å². The standard InChI is InChI=1S/C13H12N2OS/c1-10-5-2-3-7-12(10)13(16)15-14-9-11-6-4-8-17-11/h2-9H,1H3,(H,15,16)/b14-9-. The second kappa shape index (κ2) is 5.41. The molecule has 1 amide bonds. The van der Waals surface area contributed by atoms with Crippen LogP contribution in [0.1, 0.15) is 20.8 Å². The van der Waals surface area contributed by atoms with Gasteiger partial charge in [0.15, 0.2) is 0 Å². The van der Waals surface area contributed by atoms with Gasteiger partial charge < -0.3 is 0 Å². The number of amides is 1. The number of hydrazone groups is 1. The van der Waals surface area contributed by atoms with Crippen LogP contribution in [0.2, 0.25) is 0 Å². The molecule has 0 bridgehead atoms. The number of hydrogen-bond donors (Lipinski definition) is 1. The van der Waals surface area contributed by atoms with Crippen LogP contribution >= 0.6 is 11.3 Å². The van der Waals surface area contributed by atoms with E-state index in [1.807, 2.05) is 42.6 Å². The highest BCUT2D eigenvalue weighted by molar-refractivity contribution is 7.11. The zero-order valence-corrected chi connectivity index (χ0v) is 10.2. The summed E-state index contributed by atoms with van der Waals surface area (Å²) in [7, 11) is 0. The fourth-order valence-corrected chi connectivity index (χ4v) is 1.99. The maximum Gasteiger partial charge on any atom is 0.271 e. The molecule has 0 aliphatic heterocycles. The molecule has 0 aliphatic carbocycles. The first-order valence-corrected chi connectivity index (χ1v) is 6.08. The van der Waals surface area contributed by atoms with Gasteiger partial charge in [0, 0.05) is 10.4 Å². The Morgan fingerprint density at radius 3 is 2.82 bits per heavy atom. The van der Waals surface area contributed by atoms with Crippen molar-refractivity contribution in [3.05, 3.63) is 57.8 Å². The van der Waals surface area contributed by atoms with Gasteiger partial charge in [-0.3, -0.25) is 4.79 Å². The van der Waals surface area contributed by atoms with Crippen LogP contribution in [-0.2, 0) is 0 Å². The summed E-state index contributed by atoms with van der Waals surface area (Å²) < 4.78 is 0. The largest absolute Gasteiger partial charge is 0.271 e. The van der Waals surface area contributed by atoms with Crippen LogP contribution in [0.25, 0.3) is 0 Å². The van der Waals surface area contributed by atoms with Crippen LogP contribution in [-0.4, -0.2) is 12.1 Å². The van der Waals surface area contributed by atoms with E-state index < -0.39 is 0 Å². The smallest absolute Gasteiger partial charge is 0.267 e. The second-order valence-corrected chi connectivity index (χ2v) is 4.51. The van der Waals surface area contributed by atoms with Gasteiger partial charge in [-0.25, -0.2) is 5.43 Å². The summed E-state index contributed by atoms with van der Waals surface area (Å²) in [6, 6.07) is 11.3. The molecule has 0 fully saturated rings. The van der Waals surface area contributed by atoms with Crippen LogP contribution in [0.15, 0.2) is 46.9 Å². The molecule has 0 spiro atoms. The van der Waals surface area contributed by atoms with Crippen LogP contribution in [0.3, 0.4) is 0 Å². The molecule has 1 aromatic carbocycles. The van der Waals surface area contributed by atoms with Gasteiger partial charge in [0.25, 0.3) is 5.91 Å². The predicted octanol–water partition coefficient (Wildman–Crippen LogP) is 2.82. The number of hydrogen-bond acceptors (Lipinski definition) is 3. The minimum Gasteiger partial charge on any atom is -0.267 e. The van der Waals surface area contributed by atoms with Crippen molar-refractivity contribution in [2.45, 2.75) is 6.92 Å². The number of carbonyl (C=O) groups excluding carboxylic acids is 1. The molecule has 2 rings (SSSR count). The third-order valence-electron chi connectivity index (χ3n) is 2.29. The van der Waals surface area contributed by atoms with Crippen molar-refractivity contribution in [2.24, 2.45) is 5.10 Å². The molecule has 17 heavy (non-hydrogen) atoms. The highest BCUT2D eigenvalue weighted by Gasteiger charge is 2.05. The molecule has 3 nitrogen and oxygen atoms in total. The predicted molar refractivity (Wildman–Crippen MR) is 70.6 cm³/mol. The number of nitrogens with zero attached hydrogens (tertiary/aromatic N) is 1. The molecule has 0 saturated carbocycles. The molecule has 0 unspecified atom stereocenters. The molecular formula is C13H12N2OS. The summed E-state index contributed by atoms with van der Waals surface area (Å²) in [6.07, 6.45) is 1.64. The van der Waals surface area contributed by atoms with E-state index in [2.05, 4.69) is 10.5 Å². The van der Waals surface area contributed by atoms with E-state index in [0.29, 0.717) is 5.56 Å². The van der Waals surface area contributed by atoms with Crippen molar-refractivity contribution in [1.29, 1.82) is 0 Å². The Bertz CT molecular complexity index is 532. The molecule has 0 aliphatic rings. The number of benzene rings is 1. The summed E-state index contributed by atoms with van der Waals surface area (Å²) in [6.45, 7) is 1.90. The molecule has 86 valence electrons. The Labute approximate surface area is 104 Å². The minimum atomic E-state index is -0.184. The Hall–Kier alpha value is -1.94. The van der Waals surface area contributed by atoms with Gasteiger partial charge in [-0.15, -0.1) is 11.3 Å². The lowest BCUT2D eigenvalue weighted by molar-refractivity contribution is 0.0954. The van der Waals surface area contributed by atoms with Crippen molar-refractivity contribution in [2.75, 3.05) is 0 Å². The fourth-order valence-electron chi connectivity index (χ4n) is 1.41. The van der Waals surface area contributed by atoms with Crippen LogP contribution < -0.4 is 5.43 Å². The second-order valence-electron chi connectivity index (χ2n) is 3.53. The number of aryl methyl sites for hydroxylation is 1. The lowest BCUT2D eigenvalue weighted by Gasteiger charge is -2.02. The zero-order valence-electron chi connectivity index (χ0n) is 9.38. The topological polar surface area (TPSA) is 41.5 Å². The minimum absolute atomic E-state index is 0.184. The normalized spacial score (nSPS) is 10.6. The number of nitrogens with one attached hydrogen (secondary N) is 1. The molecular weight excluding hydrogens is 232 g/mol. The average Bonchev–Trinajstić information content (AvgIpc) is 2.82. The summed E-state index contributed by atoms with van der Waals surface area (Å²) in [5, 5.41) is 5.88. The van der Waals surface area contributed by atoms with Gasteiger partial charge >= 0.3 is 0 Å². The maximum absolute atomic E-state index is 11.8. The van der Waals surface area contributed by atoms with Crippen LogP contribution in [0, 0.1) is 6.92 Å². The summed E-state index contributed by atoms with van der Waals surface area (Å²) in [4.78, 5) is 12.8. The molecule has 0 radical (unpaired) electrons. The van der Waals surface area contributed by atoms with Crippen molar-refractivity contribution in [3.63, 3.8) is 0 Å². The molecule has 0 saturated heterocycles. The highest BCUT2D eigenvalue weighted by Crippen LogP contribution is 2.07. The van der Waals surface area contributed by atoms with Gasteiger partial charge in [-0.05, 0) is 30.0 Å². The van der Waals surface area contributed by atoms with Gasteiger partial charge in [0.2, 0.25) is 0 Å². The van der Waals surface area contributed by atoms with Crippen molar-refractivity contribution < 1.29 is 4.79 Å². The molecule has 1 N–H and O–H groups in total. The van der Waals surface area contributed by atoms with E-state index in [1.165, 1.54) is 0 Å². The molecule has 2 aromatic rings. The quantitative estimate of drug-likeness (QED) is 0.654. The van der Waals surface area contributed by atoms with E-state index in [-0.39, 0.29) is 5.91 Å². The van der Waals surface area contributed by atoms with Crippen molar-refractivity contribution in [3.8, 4) is 0 Å². The fraction of sp³-hybridized carbons (Fsp3) is 0.0769. The van der Waals surface area contributed by atoms with Gasteiger partial charge in [0.1, 0.15) is 0 Å². The molecule has 1 heterocycles. The van der Waals surface area contributed by atoms with Crippen molar-refractivity contribution in [1.82, 2.24) is 5.43 Å². The summed E-state index contributed by atoms with van der Waals surface area (Å²) in [5.74, 6) is -0.184. The first-order valence-electron chi connectivity index (χ1n) is 5.20. The lowest BCUT2D eigenvalue weighted by Crippen LogP contribution is -2.18. The Morgan fingerprint density at radius 1 is 1.29 bits per heavy atom. The molecule has 4 heteroatoms. The Balaban J connectivity index is 2.01. The average molecular weight is 244 g/mol. The van der Waals surface area contributed by atoms with E-state index in [4.69, 9.17) is 0 Å². The molecule has 0 atom stereocenters. The highest BCUT2D eigenvalue weighted by atomic mass is 32.1. The van der Waals surface area contributed by atoms with E-state index >= 15 is 0 Å². The number of rotatable bonds is 3. The van der Waals surface area contributed by atoms with Crippen LogP contribution in [0.4, 0.5) is 0 Å². The molecule has 1 aromatic heterocycles. The van der Waals surface area contributed by atoms with Gasteiger partial charge in [-0.2, -0.15) is 5.10 Å². The summed E-state index contributed by atoms with van der Waals surface area (Å²) >= 11 is 1.57. The number of thiophene rings is 1. The SMILES string of the molecule is Cc1ccccc1C(=O)N/N=C\c1cccs1. The third-order valence-corrected chi connectivity index (χ3v) is 3.10. The Morgan fingerprint density at radius 2 is 2.12 bits per heavy atom.